The summed E-state index contributed by atoms with van der Waals surface area (Å²) in [6, 6.07) is 0. The van der Waals surface area contributed by atoms with Crippen LogP contribution in [0, 0.1) is 0 Å². The van der Waals surface area contributed by atoms with Gasteiger partial charge in [-0.1, -0.05) is 20.8 Å². The van der Waals surface area contributed by atoms with E-state index in [-0.39, 0.29) is 12.0 Å². The molecule has 0 saturated heterocycles. The van der Waals surface area contributed by atoms with Gasteiger partial charge in [-0.2, -0.15) is 0 Å². The molecule has 1 rings (SSSR count). The van der Waals surface area contributed by atoms with Gasteiger partial charge in [0.2, 0.25) is 5.89 Å². The van der Waals surface area contributed by atoms with Gasteiger partial charge in [-0.3, -0.25) is 0 Å². The average molecular weight is 218 g/mol. The van der Waals surface area contributed by atoms with Gasteiger partial charge in [-0.15, -0.1) is 0 Å². The van der Waals surface area contributed by atoms with Gasteiger partial charge in [0, 0.05) is 17.0 Å². The summed E-state index contributed by atoms with van der Waals surface area (Å²) in [6.45, 7) is 5.99. The lowest BCUT2D eigenvalue weighted by molar-refractivity contribution is 0.153. The predicted octanol–water partition coefficient (Wildman–Crippen LogP) is 2.85. The van der Waals surface area contributed by atoms with Crippen LogP contribution < -0.4 is 0 Å². The normalized spacial score (nSPS) is 11.4. The summed E-state index contributed by atoms with van der Waals surface area (Å²) in [5.41, 5.74) is -0.962. The van der Waals surface area contributed by atoms with Gasteiger partial charge in [0.15, 0.2) is 6.61 Å². The van der Waals surface area contributed by atoms with Crippen molar-refractivity contribution in [2.75, 3.05) is 0 Å². The lowest BCUT2D eigenvalue weighted by Gasteiger charge is -2.12. The lowest BCUT2D eigenvalue weighted by Crippen LogP contribution is -2.09. The third-order valence-electron chi connectivity index (χ3n) is 1.60. The molecule has 4 nitrogen and oxygen atoms in total. The maximum absolute atomic E-state index is 10.3. The zero-order chi connectivity index (χ0) is 10.8. The highest BCUT2D eigenvalue weighted by Crippen LogP contribution is 2.22. The predicted molar refractivity (Wildman–Crippen MR) is 51.2 cm³/mol. The molecule has 0 amide bonds. The van der Waals surface area contributed by atoms with Crippen molar-refractivity contribution in [2.45, 2.75) is 32.8 Å². The molecule has 14 heavy (non-hydrogen) atoms. The van der Waals surface area contributed by atoms with E-state index >= 15 is 0 Å². The van der Waals surface area contributed by atoms with E-state index in [1.54, 1.807) is 6.20 Å². The maximum atomic E-state index is 10.3. The Morgan fingerprint density at radius 1 is 1.64 bits per heavy atom. The van der Waals surface area contributed by atoms with Crippen molar-refractivity contribution in [1.82, 2.24) is 4.98 Å². The third kappa shape index (κ3) is 3.03. The van der Waals surface area contributed by atoms with Crippen molar-refractivity contribution in [3.05, 3.63) is 17.8 Å². The van der Waals surface area contributed by atoms with Crippen LogP contribution in [-0.4, -0.2) is 10.4 Å². The van der Waals surface area contributed by atoms with Crippen LogP contribution in [-0.2, 0) is 16.8 Å². The monoisotopic (exact) mass is 217 g/mol. The molecule has 0 aliphatic carbocycles. The van der Waals surface area contributed by atoms with Crippen molar-refractivity contribution in [1.29, 1.82) is 0 Å². The van der Waals surface area contributed by atoms with Crippen LogP contribution in [0.5, 0.6) is 0 Å². The molecule has 78 valence electrons. The number of carbonyl (C=O) groups is 1. The topological polar surface area (TPSA) is 52.3 Å². The van der Waals surface area contributed by atoms with Crippen molar-refractivity contribution in [2.24, 2.45) is 0 Å². The number of rotatable bonds is 2. The second kappa shape index (κ2) is 4.00. The number of aromatic nitrogens is 1. The first kappa shape index (κ1) is 11.0. The Labute approximate surface area is 87.2 Å². The summed E-state index contributed by atoms with van der Waals surface area (Å²) in [5.74, 6) is 1.10. The number of ether oxygens (including phenoxy) is 1. The van der Waals surface area contributed by atoms with Gasteiger partial charge in [0.1, 0.15) is 5.76 Å². The smallest absolute Gasteiger partial charge is 0.404 e. The molecule has 0 saturated carbocycles. The molecule has 0 N–H and O–H groups in total. The van der Waals surface area contributed by atoms with Gasteiger partial charge < -0.3 is 9.15 Å². The zero-order valence-corrected chi connectivity index (χ0v) is 9.09. The summed E-state index contributed by atoms with van der Waals surface area (Å²) < 4.78 is 9.88. The van der Waals surface area contributed by atoms with Crippen LogP contribution in [0.25, 0.3) is 0 Å². The molecule has 0 bridgehead atoms. The van der Waals surface area contributed by atoms with Gasteiger partial charge in [0.05, 0.1) is 6.20 Å². The molecule has 0 unspecified atom stereocenters. The number of oxazole rings is 1. The molecule has 5 heteroatoms. The van der Waals surface area contributed by atoms with Crippen LogP contribution in [0.2, 0.25) is 0 Å². The van der Waals surface area contributed by atoms with E-state index in [0.29, 0.717) is 5.89 Å². The molecular formula is C9H12ClNO3. The number of nitrogens with zero attached hydrogens (tertiary/aromatic N) is 1. The zero-order valence-electron chi connectivity index (χ0n) is 8.33. The van der Waals surface area contributed by atoms with E-state index in [4.69, 9.17) is 16.0 Å². The van der Waals surface area contributed by atoms with E-state index in [1.807, 2.05) is 20.8 Å². The van der Waals surface area contributed by atoms with Crippen LogP contribution in [0.15, 0.2) is 10.6 Å². The molecule has 1 aromatic rings. The molecule has 1 aromatic heterocycles. The summed E-state index contributed by atoms with van der Waals surface area (Å²) in [4.78, 5) is 14.2. The Bertz CT molecular complexity index is 327. The number of hydrogen-bond acceptors (Lipinski definition) is 4. The summed E-state index contributed by atoms with van der Waals surface area (Å²) >= 11 is 4.99. The van der Waals surface area contributed by atoms with Crippen LogP contribution in [0.3, 0.4) is 0 Å². The Morgan fingerprint density at radius 2 is 2.29 bits per heavy atom. The van der Waals surface area contributed by atoms with Gasteiger partial charge in [-0.05, 0) is 0 Å². The molecule has 0 aliphatic heterocycles. The van der Waals surface area contributed by atoms with Gasteiger partial charge in [0.25, 0.3) is 0 Å². The van der Waals surface area contributed by atoms with Crippen LogP contribution >= 0.6 is 11.6 Å². The van der Waals surface area contributed by atoms with Gasteiger partial charge in [-0.25, -0.2) is 9.78 Å². The molecule has 0 aromatic carbocycles. The van der Waals surface area contributed by atoms with Crippen molar-refractivity contribution < 1.29 is 13.9 Å². The largest absolute Gasteiger partial charge is 0.444 e. The Kier molecular flexibility index (Phi) is 3.16. The molecular weight excluding hydrogens is 206 g/mol. The first-order valence-corrected chi connectivity index (χ1v) is 4.55. The van der Waals surface area contributed by atoms with Crippen molar-refractivity contribution >= 4 is 17.0 Å². The van der Waals surface area contributed by atoms with E-state index in [2.05, 4.69) is 9.72 Å². The van der Waals surface area contributed by atoms with E-state index < -0.39 is 5.43 Å². The second-order valence-corrected chi connectivity index (χ2v) is 4.20. The molecule has 0 atom stereocenters. The fraction of sp³-hybridized carbons (Fsp3) is 0.556. The van der Waals surface area contributed by atoms with Crippen LogP contribution in [0.4, 0.5) is 4.79 Å². The fourth-order valence-corrected chi connectivity index (χ4v) is 0.897. The average Bonchev–Trinajstić information content (AvgIpc) is 2.47. The highest BCUT2D eigenvalue weighted by atomic mass is 35.5. The van der Waals surface area contributed by atoms with E-state index in [9.17, 15) is 4.79 Å². The first-order valence-electron chi connectivity index (χ1n) is 4.17. The summed E-state index contributed by atoms with van der Waals surface area (Å²) in [5, 5.41) is 0. The Morgan fingerprint density at radius 3 is 2.71 bits per heavy atom. The Balaban J connectivity index is 2.64. The first-order chi connectivity index (χ1) is 6.39. The minimum Gasteiger partial charge on any atom is -0.444 e. The fourth-order valence-electron chi connectivity index (χ4n) is 0.842. The number of carbonyl (C=O) groups excluding carboxylic acids is 1. The molecule has 0 radical (unpaired) electrons. The molecule has 0 spiro atoms. The maximum Gasteiger partial charge on any atom is 0.404 e. The SMILES string of the molecule is CC(C)(C)c1cnc(COC(=O)Cl)o1. The van der Waals surface area contributed by atoms with Crippen LogP contribution in [0.1, 0.15) is 32.4 Å². The second-order valence-electron chi connectivity index (χ2n) is 3.89. The minimum absolute atomic E-state index is 0.0294. The number of halogens is 1. The highest BCUT2D eigenvalue weighted by Gasteiger charge is 2.19. The highest BCUT2D eigenvalue weighted by molar-refractivity contribution is 6.61. The standard InChI is InChI=1S/C9H12ClNO3/c1-9(2,3)6-4-11-7(14-6)5-13-8(10)12/h4H,5H2,1-3H3. The molecule has 0 fully saturated rings. The minimum atomic E-state index is -0.861. The Hall–Kier alpha value is -1.03. The molecule has 1 heterocycles. The number of hydrogen-bond donors (Lipinski definition) is 0. The van der Waals surface area contributed by atoms with E-state index in [0.717, 1.165) is 5.76 Å². The lowest BCUT2D eigenvalue weighted by atomic mass is 9.94. The summed E-state index contributed by atoms with van der Waals surface area (Å²) in [7, 11) is 0. The summed E-state index contributed by atoms with van der Waals surface area (Å²) in [6.07, 6.45) is 1.62. The quantitative estimate of drug-likeness (QED) is 0.715. The molecule has 0 aliphatic rings. The van der Waals surface area contributed by atoms with Gasteiger partial charge >= 0.3 is 5.43 Å². The van der Waals surface area contributed by atoms with Crippen molar-refractivity contribution in [3.63, 3.8) is 0 Å². The third-order valence-corrected chi connectivity index (χ3v) is 1.71. The van der Waals surface area contributed by atoms with Crippen molar-refractivity contribution in [3.8, 4) is 0 Å². The van der Waals surface area contributed by atoms with E-state index in [1.165, 1.54) is 0 Å².